The molecular formula is C15H22N2O2. The third-order valence-electron chi connectivity index (χ3n) is 4.44. The van der Waals surface area contributed by atoms with Gasteiger partial charge in [0.25, 0.3) is 0 Å². The molecule has 2 atom stereocenters. The Bertz CT molecular complexity index is 450. The van der Waals surface area contributed by atoms with E-state index in [1.165, 1.54) is 19.5 Å². The third kappa shape index (κ3) is 2.69. The quantitative estimate of drug-likeness (QED) is 0.865. The molecule has 1 aromatic carbocycles. The zero-order valence-electron chi connectivity index (χ0n) is 11.4. The Morgan fingerprint density at radius 2 is 2.21 bits per heavy atom. The van der Waals surface area contributed by atoms with Crippen molar-refractivity contribution in [1.29, 1.82) is 0 Å². The maximum Gasteiger partial charge on any atom is 0.160 e. The van der Waals surface area contributed by atoms with Crippen molar-refractivity contribution < 1.29 is 9.84 Å². The van der Waals surface area contributed by atoms with Crippen LogP contribution in [0.25, 0.3) is 0 Å². The number of ether oxygens (including phenoxy) is 1. The Hall–Kier alpha value is -1.26. The van der Waals surface area contributed by atoms with Gasteiger partial charge in [-0.05, 0) is 55.6 Å². The maximum absolute atomic E-state index is 9.82. The zero-order valence-corrected chi connectivity index (χ0v) is 11.4. The number of benzene rings is 1. The largest absolute Gasteiger partial charge is 0.504 e. The van der Waals surface area contributed by atoms with Crippen molar-refractivity contribution in [2.75, 3.05) is 33.3 Å². The molecule has 0 spiro atoms. The number of phenolic OH excluding ortho intramolecular Hbond substituents is 1. The standard InChI is InChI=1S/C15H22N2O2/c1-19-15-3-2-11(6-14(15)18)9-17-5-4-12-7-16-8-13(12)10-17/h2-3,6,12-13,16,18H,4-5,7-10H2,1H3. The predicted octanol–water partition coefficient (Wildman–Crippen LogP) is 1.44. The van der Waals surface area contributed by atoms with Gasteiger partial charge in [-0.15, -0.1) is 0 Å². The number of nitrogens with zero attached hydrogens (tertiary/aromatic N) is 1. The summed E-state index contributed by atoms with van der Waals surface area (Å²) in [6.45, 7) is 5.61. The van der Waals surface area contributed by atoms with E-state index in [-0.39, 0.29) is 5.75 Å². The van der Waals surface area contributed by atoms with E-state index in [9.17, 15) is 5.11 Å². The minimum absolute atomic E-state index is 0.234. The molecule has 2 unspecified atom stereocenters. The van der Waals surface area contributed by atoms with Crippen LogP contribution in [0.15, 0.2) is 18.2 Å². The molecule has 0 radical (unpaired) electrons. The number of aromatic hydroxyl groups is 1. The van der Waals surface area contributed by atoms with Crippen LogP contribution in [0.4, 0.5) is 0 Å². The zero-order chi connectivity index (χ0) is 13.2. The van der Waals surface area contributed by atoms with E-state index in [4.69, 9.17) is 4.74 Å². The van der Waals surface area contributed by atoms with Gasteiger partial charge in [-0.1, -0.05) is 6.07 Å². The van der Waals surface area contributed by atoms with Gasteiger partial charge in [0, 0.05) is 13.1 Å². The fraction of sp³-hybridized carbons (Fsp3) is 0.600. The van der Waals surface area contributed by atoms with Crippen LogP contribution in [-0.2, 0) is 6.54 Å². The van der Waals surface area contributed by atoms with E-state index in [1.54, 1.807) is 7.11 Å². The Kier molecular flexibility index (Phi) is 3.62. The number of methoxy groups -OCH3 is 1. The molecule has 0 bridgehead atoms. The second-order valence-corrected chi connectivity index (χ2v) is 5.71. The predicted molar refractivity (Wildman–Crippen MR) is 74.4 cm³/mol. The van der Waals surface area contributed by atoms with Crippen molar-refractivity contribution in [3.8, 4) is 11.5 Å². The molecular weight excluding hydrogens is 240 g/mol. The van der Waals surface area contributed by atoms with E-state index in [0.29, 0.717) is 5.75 Å². The Balaban J connectivity index is 1.63. The van der Waals surface area contributed by atoms with Crippen LogP contribution in [0.2, 0.25) is 0 Å². The van der Waals surface area contributed by atoms with Gasteiger partial charge < -0.3 is 15.2 Å². The lowest BCUT2D eigenvalue weighted by atomic mass is 9.88. The highest BCUT2D eigenvalue weighted by atomic mass is 16.5. The SMILES string of the molecule is COc1ccc(CN2CCC3CNCC3C2)cc1O. The summed E-state index contributed by atoms with van der Waals surface area (Å²) >= 11 is 0. The molecule has 2 fully saturated rings. The molecule has 4 nitrogen and oxygen atoms in total. The van der Waals surface area contributed by atoms with E-state index in [1.807, 2.05) is 18.2 Å². The average molecular weight is 262 g/mol. The summed E-state index contributed by atoms with van der Waals surface area (Å²) in [5, 5.41) is 13.3. The highest BCUT2D eigenvalue weighted by Crippen LogP contribution is 2.30. The summed E-state index contributed by atoms with van der Waals surface area (Å²) in [7, 11) is 1.58. The molecule has 2 aliphatic rings. The van der Waals surface area contributed by atoms with Crippen molar-refractivity contribution >= 4 is 0 Å². The van der Waals surface area contributed by atoms with Crippen molar-refractivity contribution in [1.82, 2.24) is 10.2 Å². The summed E-state index contributed by atoms with van der Waals surface area (Å²) in [6.07, 6.45) is 1.29. The van der Waals surface area contributed by atoms with Gasteiger partial charge in [-0.3, -0.25) is 4.90 Å². The van der Waals surface area contributed by atoms with Crippen LogP contribution >= 0.6 is 0 Å². The van der Waals surface area contributed by atoms with Crippen LogP contribution in [0.5, 0.6) is 11.5 Å². The fourth-order valence-electron chi connectivity index (χ4n) is 3.35. The lowest BCUT2D eigenvalue weighted by molar-refractivity contribution is 0.142. The number of rotatable bonds is 3. The summed E-state index contributed by atoms with van der Waals surface area (Å²) in [4.78, 5) is 2.50. The van der Waals surface area contributed by atoms with Crippen molar-refractivity contribution in [3.05, 3.63) is 23.8 Å². The van der Waals surface area contributed by atoms with Crippen LogP contribution in [0.1, 0.15) is 12.0 Å². The van der Waals surface area contributed by atoms with Gasteiger partial charge in [0.2, 0.25) is 0 Å². The molecule has 0 aromatic heterocycles. The maximum atomic E-state index is 9.82. The topological polar surface area (TPSA) is 44.7 Å². The molecule has 0 amide bonds. The second-order valence-electron chi connectivity index (χ2n) is 5.71. The Labute approximate surface area is 114 Å². The highest BCUT2D eigenvalue weighted by molar-refractivity contribution is 5.41. The number of piperidine rings is 1. The van der Waals surface area contributed by atoms with Crippen molar-refractivity contribution in [3.63, 3.8) is 0 Å². The van der Waals surface area contributed by atoms with Gasteiger partial charge in [0.15, 0.2) is 11.5 Å². The first-order chi connectivity index (χ1) is 9.26. The van der Waals surface area contributed by atoms with Gasteiger partial charge in [0.05, 0.1) is 7.11 Å². The second kappa shape index (κ2) is 5.39. The van der Waals surface area contributed by atoms with E-state index in [2.05, 4.69) is 10.2 Å². The lowest BCUT2D eigenvalue weighted by Gasteiger charge is -2.34. The number of nitrogens with one attached hydrogen (secondary N) is 1. The van der Waals surface area contributed by atoms with Crippen molar-refractivity contribution in [2.24, 2.45) is 11.8 Å². The molecule has 2 heterocycles. The molecule has 4 heteroatoms. The van der Waals surface area contributed by atoms with E-state index >= 15 is 0 Å². The molecule has 104 valence electrons. The summed E-state index contributed by atoms with van der Waals surface area (Å²) in [6, 6.07) is 5.70. The molecule has 0 saturated carbocycles. The van der Waals surface area contributed by atoms with Gasteiger partial charge in [-0.2, -0.15) is 0 Å². The van der Waals surface area contributed by atoms with Crippen LogP contribution in [0, 0.1) is 11.8 Å². The molecule has 1 aromatic rings. The van der Waals surface area contributed by atoms with E-state index in [0.717, 1.165) is 37.0 Å². The first kappa shape index (κ1) is 12.8. The molecule has 0 aliphatic carbocycles. The van der Waals surface area contributed by atoms with Crippen LogP contribution in [0.3, 0.4) is 0 Å². The number of hydrogen-bond donors (Lipinski definition) is 2. The lowest BCUT2D eigenvalue weighted by Crippen LogP contribution is -2.39. The number of phenols is 1. The average Bonchev–Trinajstić information content (AvgIpc) is 2.86. The normalized spacial score (nSPS) is 27.2. The third-order valence-corrected chi connectivity index (χ3v) is 4.44. The first-order valence-corrected chi connectivity index (χ1v) is 7.05. The number of fused-ring (bicyclic) bond motifs is 1. The van der Waals surface area contributed by atoms with Crippen molar-refractivity contribution in [2.45, 2.75) is 13.0 Å². The fourth-order valence-corrected chi connectivity index (χ4v) is 3.35. The summed E-state index contributed by atoms with van der Waals surface area (Å²) in [5.41, 5.74) is 1.16. The van der Waals surface area contributed by atoms with Gasteiger partial charge in [-0.25, -0.2) is 0 Å². The van der Waals surface area contributed by atoms with Gasteiger partial charge in [0.1, 0.15) is 0 Å². The number of hydrogen-bond acceptors (Lipinski definition) is 4. The Morgan fingerprint density at radius 3 is 3.00 bits per heavy atom. The smallest absolute Gasteiger partial charge is 0.160 e. The number of likely N-dealkylation sites (tertiary alicyclic amines) is 1. The molecule has 2 aliphatic heterocycles. The monoisotopic (exact) mass is 262 g/mol. The summed E-state index contributed by atoms with van der Waals surface area (Å²) in [5.74, 6) is 2.46. The van der Waals surface area contributed by atoms with E-state index < -0.39 is 0 Å². The molecule has 19 heavy (non-hydrogen) atoms. The molecule has 2 saturated heterocycles. The molecule has 3 rings (SSSR count). The molecule has 2 N–H and O–H groups in total. The Morgan fingerprint density at radius 1 is 1.37 bits per heavy atom. The highest BCUT2D eigenvalue weighted by Gasteiger charge is 2.32. The minimum atomic E-state index is 0.234. The first-order valence-electron chi connectivity index (χ1n) is 7.05. The van der Waals surface area contributed by atoms with Crippen LogP contribution in [-0.4, -0.2) is 43.3 Å². The minimum Gasteiger partial charge on any atom is -0.504 e. The van der Waals surface area contributed by atoms with Crippen LogP contribution < -0.4 is 10.1 Å². The summed E-state index contributed by atoms with van der Waals surface area (Å²) < 4.78 is 5.07. The van der Waals surface area contributed by atoms with Gasteiger partial charge >= 0.3 is 0 Å².